The largest absolute Gasteiger partial charge is 0.390 e. The summed E-state index contributed by atoms with van der Waals surface area (Å²) in [6.07, 6.45) is 6.44. The van der Waals surface area contributed by atoms with Crippen molar-refractivity contribution in [2.45, 2.75) is 63.6 Å². The number of hydrogen-bond acceptors (Lipinski definition) is 2. The Kier molecular flexibility index (Phi) is 6.36. The van der Waals surface area contributed by atoms with Crippen LogP contribution in [0.25, 0.3) is 0 Å². The fourth-order valence-electron chi connectivity index (χ4n) is 3.29. The number of hydrogen-bond donors (Lipinski definition) is 1. The molecule has 21 heavy (non-hydrogen) atoms. The molecule has 0 saturated heterocycles. The van der Waals surface area contributed by atoms with Crippen molar-refractivity contribution in [3.63, 3.8) is 0 Å². The Morgan fingerprint density at radius 1 is 1.19 bits per heavy atom. The van der Waals surface area contributed by atoms with Crippen molar-refractivity contribution in [3.8, 4) is 0 Å². The molecule has 1 aromatic carbocycles. The van der Waals surface area contributed by atoms with Gasteiger partial charge < -0.3 is 9.84 Å². The summed E-state index contributed by atoms with van der Waals surface area (Å²) in [5, 5.41) is 11.9. The van der Waals surface area contributed by atoms with Crippen LogP contribution in [-0.2, 0) is 11.2 Å². The van der Waals surface area contributed by atoms with E-state index in [4.69, 9.17) is 27.9 Å². The molecule has 1 N–H and O–H groups in total. The molecule has 1 fully saturated rings. The minimum absolute atomic E-state index is 0.434. The van der Waals surface area contributed by atoms with Crippen molar-refractivity contribution >= 4 is 23.2 Å². The van der Waals surface area contributed by atoms with E-state index in [9.17, 15) is 5.11 Å². The highest BCUT2D eigenvalue weighted by atomic mass is 35.5. The molecule has 0 heterocycles. The van der Waals surface area contributed by atoms with Gasteiger partial charge in [-0.25, -0.2) is 0 Å². The van der Waals surface area contributed by atoms with E-state index < -0.39 is 11.7 Å². The first-order chi connectivity index (χ1) is 10.1. The number of benzene rings is 1. The first kappa shape index (κ1) is 17.1. The molecule has 1 unspecified atom stereocenters. The van der Waals surface area contributed by atoms with Gasteiger partial charge in [-0.3, -0.25) is 0 Å². The lowest BCUT2D eigenvalue weighted by atomic mass is 9.84. The van der Waals surface area contributed by atoms with Crippen LogP contribution in [0.1, 0.15) is 51.0 Å². The second kappa shape index (κ2) is 7.82. The molecule has 118 valence electrons. The fourth-order valence-corrected chi connectivity index (χ4v) is 3.69. The Bertz CT molecular complexity index is 454. The normalized spacial score (nSPS) is 20.0. The first-order valence-electron chi connectivity index (χ1n) is 7.84. The van der Waals surface area contributed by atoms with E-state index >= 15 is 0 Å². The third kappa shape index (κ3) is 4.13. The Morgan fingerprint density at radius 2 is 1.86 bits per heavy atom. The lowest BCUT2D eigenvalue weighted by Crippen LogP contribution is -2.46. The Labute approximate surface area is 137 Å². The zero-order valence-electron chi connectivity index (χ0n) is 12.6. The van der Waals surface area contributed by atoms with E-state index in [0.717, 1.165) is 31.2 Å². The highest BCUT2D eigenvalue weighted by Crippen LogP contribution is 2.36. The van der Waals surface area contributed by atoms with Crippen LogP contribution in [-0.4, -0.2) is 23.4 Å². The van der Waals surface area contributed by atoms with Gasteiger partial charge in [-0.15, -0.1) is 0 Å². The van der Waals surface area contributed by atoms with E-state index in [1.807, 2.05) is 19.1 Å². The smallest absolute Gasteiger partial charge is 0.0943 e. The van der Waals surface area contributed by atoms with E-state index in [-0.39, 0.29) is 0 Å². The predicted octanol–water partition coefficient (Wildman–Crippen LogP) is 5.03. The van der Waals surface area contributed by atoms with Crippen molar-refractivity contribution in [2.75, 3.05) is 6.61 Å². The van der Waals surface area contributed by atoms with Gasteiger partial charge in [-0.05, 0) is 31.4 Å². The molecular weight excluding hydrogens is 307 g/mol. The standard InChI is InChI=1S/C17H24Cl2O2/c1-2-21-17(10-5-3-4-6-11-17)15(20)12-13-8-7-9-14(18)16(13)19/h7-9,15,20H,2-6,10-12H2,1H3. The summed E-state index contributed by atoms with van der Waals surface area (Å²) < 4.78 is 6.03. The predicted molar refractivity (Wildman–Crippen MR) is 88.2 cm³/mol. The maximum Gasteiger partial charge on any atom is 0.0943 e. The molecule has 4 heteroatoms. The SMILES string of the molecule is CCOC1(C(O)Cc2cccc(Cl)c2Cl)CCCCCC1. The number of rotatable bonds is 5. The third-order valence-electron chi connectivity index (χ3n) is 4.43. The molecular formula is C17H24Cl2O2. The second-order valence-corrected chi connectivity index (χ2v) is 6.63. The monoisotopic (exact) mass is 330 g/mol. The Balaban J connectivity index is 2.18. The highest BCUT2D eigenvalue weighted by molar-refractivity contribution is 6.42. The summed E-state index contributed by atoms with van der Waals surface area (Å²) in [6.45, 7) is 2.62. The summed E-state index contributed by atoms with van der Waals surface area (Å²) in [6, 6.07) is 5.56. The average molecular weight is 331 g/mol. The van der Waals surface area contributed by atoms with Gasteiger partial charge in [-0.2, -0.15) is 0 Å². The van der Waals surface area contributed by atoms with Crippen LogP contribution in [0.3, 0.4) is 0 Å². The zero-order chi connectivity index (χ0) is 15.3. The molecule has 0 spiro atoms. The zero-order valence-corrected chi connectivity index (χ0v) is 14.1. The summed E-state index contributed by atoms with van der Waals surface area (Å²) in [7, 11) is 0. The molecule has 0 radical (unpaired) electrons. The van der Waals surface area contributed by atoms with Gasteiger partial charge in [0.1, 0.15) is 0 Å². The van der Waals surface area contributed by atoms with Crippen molar-refractivity contribution in [3.05, 3.63) is 33.8 Å². The number of halogens is 2. The molecule has 1 saturated carbocycles. The summed E-state index contributed by atoms with van der Waals surface area (Å²) in [5.41, 5.74) is 0.455. The van der Waals surface area contributed by atoms with Gasteiger partial charge in [0.15, 0.2) is 0 Å². The van der Waals surface area contributed by atoms with Crippen LogP contribution in [0.5, 0.6) is 0 Å². The van der Waals surface area contributed by atoms with Crippen molar-refractivity contribution < 1.29 is 9.84 Å². The summed E-state index contributed by atoms with van der Waals surface area (Å²) in [4.78, 5) is 0. The molecule has 1 aliphatic carbocycles. The van der Waals surface area contributed by atoms with E-state index in [0.29, 0.717) is 23.1 Å². The molecule has 1 aliphatic rings. The molecule has 0 bridgehead atoms. The van der Waals surface area contributed by atoms with Crippen LogP contribution in [0.4, 0.5) is 0 Å². The third-order valence-corrected chi connectivity index (χ3v) is 5.29. The van der Waals surface area contributed by atoms with Gasteiger partial charge in [0, 0.05) is 13.0 Å². The van der Waals surface area contributed by atoms with Crippen LogP contribution < -0.4 is 0 Å². The van der Waals surface area contributed by atoms with Crippen LogP contribution in [0.15, 0.2) is 18.2 Å². The Hall–Kier alpha value is -0.280. The first-order valence-corrected chi connectivity index (χ1v) is 8.59. The number of aliphatic hydroxyl groups is 1. The molecule has 1 atom stereocenters. The molecule has 0 amide bonds. The summed E-state index contributed by atoms with van der Waals surface area (Å²) in [5.74, 6) is 0. The average Bonchev–Trinajstić information content (AvgIpc) is 2.71. The van der Waals surface area contributed by atoms with Gasteiger partial charge >= 0.3 is 0 Å². The fraction of sp³-hybridized carbons (Fsp3) is 0.647. The number of ether oxygens (including phenoxy) is 1. The van der Waals surface area contributed by atoms with E-state index in [1.54, 1.807) is 6.07 Å². The second-order valence-electron chi connectivity index (χ2n) is 5.84. The Morgan fingerprint density at radius 3 is 2.48 bits per heavy atom. The number of aliphatic hydroxyl groups excluding tert-OH is 1. The topological polar surface area (TPSA) is 29.5 Å². The van der Waals surface area contributed by atoms with Crippen LogP contribution >= 0.6 is 23.2 Å². The van der Waals surface area contributed by atoms with Gasteiger partial charge in [0.05, 0.1) is 21.8 Å². The lowest BCUT2D eigenvalue weighted by Gasteiger charge is -2.37. The van der Waals surface area contributed by atoms with Crippen molar-refractivity contribution in [1.29, 1.82) is 0 Å². The van der Waals surface area contributed by atoms with Gasteiger partial charge in [-0.1, -0.05) is 61.0 Å². The van der Waals surface area contributed by atoms with Gasteiger partial charge in [0.25, 0.3) is 0 Å². The molecule has 1 aromatic rings. The molecule has 0 aromatic heterocycles. The van der Waals surface area contributed by atoms with Crippen molar-refractivity contribution in [2.24, 2.45) is 0 Å². The molecule has 2 rings (SSSR count). The van der Waals surface area contributed by atoms with Crippen LogP contribution in [0.2, 0.25) is 10.0 Å². The quantitative estimate of drug-likeness (QED) is 0.767. The van der Waals surface area contributed by atoms with Crippen LogP contribution in [0, 0.1) is 0 Å². The van der Waals surface area contributed by atoms with E-state index in [2.05, 4.69) is 0 Å². The summed E-state index contributed by atoms with van der Waals surface area (Å²) >= 11 is 12.3. The minimum atomic E-state index is -0.550. The molecule has 2 nitrogen and oxygen atoms in total. The highest BCUT2D eigenvalue weighted by Gasteiger charge is 2.39. The van der Waals surface area contributed by atoms with E-state index in [1.165, 1.54) is 12.8 Å². The van der Waals surface area contributed by atoms with Gasteiger partial charge in [0.2, 0.25) is 0 Å². The molecule has 0 aliphatic heterocycles. The minimum Gasteiger partial charge on any atom is -0.390 e. The lowest BCUT2D eigenvalue weighted by molar-refractivity contribution is -0.128. The van der Waals surface area contributed by atoms with Crippen molar-refractivity contribution in [1.82, 2.24) is 0 Å². The maximum atomic E-state index is 10.8. The maximum absolute atomic E-state index is 10.8.